The van der Waals surface area contributed by atoms with Gasteiger partial charge in [-0.1, -0.05) is 31.2 Å². The van der Waals surface area contributed by atoms with Crippen LogP contribution in [0.5, 0.6) is 0 Å². The van der Waals surface area contributed by atoms with Crippen molar-refractivity contribution in [2.24, 2.45) is 0 Å². The maximum absolute atomic E-state index is 14.0. The first kappa shape index (κ1) is 21.6. The zero-order chi connectivity index (χ0) is 23.3. The first-order valence-electron chi connectivity index (χ1n) is 11.3. The van der Waals surface area contributed by atoms with E-state index >= 15 is 0 Å². The third-order valence-corrected chi connectivity index (χ3v) is 6.47. The highest BCUT2D eigenvalue weighted by atomic mass is 19.3. The summed E-state index contributed by atoms with van der Waals surface area (Å²) in [7, 11) is 0. The summed E-state index contributed by atoms with van der Waals surface area (Å²) in [6.45, 7) is 5.87. The van der Waals surface area contributed by atoms with Crippen molar-refractivity contribution in [3.05, 3.63) is 59.5 Å². The molecule has 2 aliphatic heterocycles. The first-order chi connectivity index (χ1) is 15.7. The van der Waals surface area contributed by atoms with Crippen LogP contribution in [0.2, 0.25) is 0 Å². The number of hydrogen-bond donors (Lipinski definition) is 1. The number of hydrogen-bond acceptors (Lipinski definition) is 4. The van der Waals surface area contributed by atoms with Gasteiger partial charge in [0, 0.05) is 42.9 Å². The molecule has 0 bridgehead atoms. The van der Waals surface area contributed by atoms with Gasteiger partial charge in [-0.15, -0.1) is 0 Å². The van der Waals surface area contributed by atoms with E-state index in [2.05, 4.69) is 23.3 Å². The molecule has 2 aliphatic rings. The SMILES string of the molecule is CC1Cc2ccccc2-c2ccnc(N3CCC(F)(F)C3)c2NC(=O)c2cn(C(C)C)nc21. The molecule has 1 aromatic carbocycles. The van der Waals surface area contributed by atoms with Crippen molar-refractivity contribution in [2.45, 2.75) is 51.5 Å². The summed E-state index contributed by atoms with van der Waals surface area (Å²) in [5.74, 6) is -2.68. The number of anilines is 2. The van der Waals surface area contributed by atoms with Gasteiger partial charge >= 0.3 is 0 Å². The molecule has 0 spiro atoms. The first-order valence-corrected chi connectivity index (χ1v) is 11.3. The standard InChI is InChI=1S/C25H27F2N5O/c1-15(2)32-13-20-21(30-32)16(3)12-17-6-4-5-7-18(17)19-8-10-28-23(22(19)29-24(20)33)31-11-9-25(26,27)14-31/h4-8,10,13,15-16H,9,11-12,14H2,1-3H3,(H,29,33). The number of aromatic nitrogens is 3. The molecule has 1 fully saturated rings. The van der Waals surface area contributed by atoms with Gasteiger partial charge in [-0.2, -0.15) is 5.10 Å². The number of halogens is 2. The van der Waals surface area contributed by atoms with Crippen molar-refractivity contribution in [3.8, 4) is 11.1 Å². The Morgan fingerprint density at radius 2 is 1.94 bits per heavy atom. The normalized spacial score (nSPS) is 19.6. The van der Waals surface area contributed by atoms with Gasteiger partial charge in [0.05, 0.1) is 23.5 Å². The molecule has 4 heterocycles. The van der Waals surface area contributed by atoms with E-state index < -0.39 is 12.5 Å². The van der Waals surface area contributed by atoms with E-state index in [1.54, 1.807) is 22.0 Å². The van der Waals surface area contributed by atoms with E-state index in [0.717, 1.165) is 22.4 Å². The Balaban J connectivity index is 1.71. The van der Waals surface area contributed by atoms with Crippen LogP contribution < -0.4 is 10.2 Å². The van der Waals surface area contributed by atoms with Crippen LogP contribution in [-0.4, -0.2) is 39.7 Å². The number of alkyl halides is 2. The van der Waals surface area contributed by atoms with E-state index in [0.29, 0.717) is 23.5 Å². The zero-order valence-corrected chi connectivity index (χ0v) is 19.0. The molecule has 8 heteroatoms. The zero-order valence-electron chi connectivity index (χ0n) is 19.0. The lowest BCUT2D eigenvalue weighted by Gasteiger charge is -2.25. The molecule has 0 aliphatic carbocycles. The predicted octanol–water partition coefficient (Wildman–Crippen LogP) is 5.28. The molecule has 1 unspecified atom stereocenters. The summed E-state index contributed by atoms with van der Waals surface area (Å²) in [5, 5.41) is 7.77. The van der Waals surface area contributed by atoms with Crippen LogP contribution in [0.4, 0.5) is 20.3 Å². The number of carbonyl (C=O) groups is 1. The minimum Gasteiger partial charge on any atom is -0.349 e. The Labute approximate surface area is 191 Å². The molecule has 6 nitrogen and oxygen atoms in total. The Morgan fingerprint density at radius 1 is 1.15 bits per heavy atom. The summed E-state index contributed by atoms with van der Waals surface area (Å²) >= 11 is 0. The molecule has 2 aromatic heterocycles. The maximum atomic E-state index is 14.0. The molecule has 5 rings (SSSR count). The van der Waals surface area contributed by atoms with Crippen LogP contribution in [0.1, 0.15) is 60.8 Å². The number of fused-ring (bicyclic) bond motifs is 4. The van der Waals surface area contributed by atoms with Crippen molar-refractivity contribution >= 4 is 17.4 Å². The summed E-state index contributed by atoms with van der Waals surface area (Å²) < 4.78 is 29.9. The van der Waals surface area contributed by atoms with Gasteiger partial charge in [0.25, 0.3) is 11.8 Å². The number of benzene rings is 1. The largest absolute Gasteiger partial charge is 0.349 e. The van der Waals surface area contributed by atoms with Crippen LogP contribution in [0.25, 0.3) is 11.1 Å². The molecule has 3 aromatic rings. The molecule has 33 heavy (non-hydrogen) atoms. The summed E-state index contributed by atoms with van der Waals surface area (Å²) in [5.41, 5.74) is 4.55. The third kappa shape index (κ3) is 3.87. The molecular formula is C25H27F2N5O. The highest BCUT2D eigenvalue weighted by Gasteiger charge is 2.40. The second kappa shape index (κ2) is 7.93. The average Bonchev–Trinajstić information content (AvgIpc) is 3.38. The highest BCUT2D eigenvalue weighted by molar-refractivity contribution is 6.09. The number of nitrogens with one attached hydrogen (secondary N) is 1. The van der Waals surface area contributed by atoms with Crippen molar-refractivity contribution in [1.29, 1.82) is 0 Å². The van der Waals surface area contributed by atoms with Crippen molar-refractivity contribution in [2.75, 3.05) is 23.3 Å². The molecule has 1 N–H and O–H groups in total. The van der Waals surface area contributed by atoms with E-state index in [-0.39, 0.29) is 30.8 Å². The van der Waals surface area contributed by atoms with E-state index in [9.17, 15) is 13.6 Å². The fraction of sp³-hybridized carbons (Fsp3) is 0.400. The Morgan fingerprint density at radius 3 is 2.67 bits per heavy atom. The number of rotatable bonds is 2. The van der Waals surface area contributed by atoms with Gasteiger partial charge in [-0.3, -0.25) is 9.48 Å². The van der Waals surface area contributed by atoms with Gasteiger partial charge in [0.15, 0.2) is 5.82 Å². The summed E-state index contributed by atoms with van der Waals surface area (Å²) in [6, 6.07) is 9.96. The Bertz CT molecular complexity index is 1220. The molecule has 0 saturated carbocycles. The third-order valence-electron chi connectivity index (χ3n) is 6.47. The summed E-state index contributed by atoms with van der Waals surface area (Å²) in [6.07, 6.45) is 3.88. The number of amides is 1. The molecule has 1 atom stereocenters. The average molecular weight is 452 g/mol. The second-order valence-electron chi connectivity index (χ2n) is 9.30. The fourth-order valence-corrected chi connectivity index (χ4v) is 4.73. The van der Waals surface area contributed by atoms with Gasteiger partial charge in [0.1, 0.15) is 0 Å². The van der Waals surface area contributed by atoms with Gasteiger partial charge in [0.2, 0.25) is 0 Å². The predicted molar refractivity (Wildman–Crippen MR) is 124 cm³/mol. The second-order valence-corrected chi connectivity index (χ2v) is 9.30. The van der Waals surface area contributed by atoms with Crippen molar-refractivity contribution < 1.29 is 13.6 Å². The quantitative estimate of drug-likeness (QED) is 0.576. The minimum atomic E-state index is -2.77. The minimum absolute atomic E-state index is 0.0204. The molecule has 0 radical (unpaired) electrons. The number of nitrogens with zero attached hydrogens (tertiary/aromatic N) is 4. The van der Waals surface area contributed by atoms with Gasteiger partial charge in [-0.25, -0.2) is 13.8 Å². The number of carbonyl (C=O) groups excluding carboxylic acids is 1. The van der Waals surface area contributed by atoms with Crippen LogP contribution in [-0.2, 0) is 6.42 Å². The van der Waals surface area contributed by atoms with Crippen LogP contribution in [0, 0.1) is 0 Å². The monoisotopic (exact) mass is 451 g/mol. The van der Waals surface area contributed by atoms with Gasteiger partial charge in [-0.05, 0) is 37.5 Å². The lowest BCUT2D eigenvalue weighted by Crippen LogP contribution is -2.27. The Kier molecular flexibility index (Phi) is 5.18. The molecular weight excluding hydrogens is 424 g/mol. The molecule has 1 saturated heterocycles. The van der Waals surface area contributed by atoms with E-state index in [1.807, 2.05) is 38.1 Å². The van der Waals surface area contributed by atoms with Crippen LogP contribution >= 0.6 is 0 Å². The fourth-order valence-electron chi connectivity index (χ4n) is 4.73. The molecule has 172 valence electrons. The summed E-state index contributed by atoms with van der Waals surface area (Å²) in [4.78, 5) is 19.5. The lowest BCUT2D eigenvalue weighted by molar-refractivity contribution is 0.0257. The Hall–Kier alpha value is -3.29. The van der Waals surface area contributed by atoms with Crippen molar-refractivity contribution in [1.82, 2.24) is 14.8 Å². The van der Waals surface area contributed by atoms with Crippen LogP contribution in [0.15, 0.2) is 42.7 Å². The number of pyridine rings is 1. The maximum Gasteiger partial charge on any atom is 0.266 e. The van der Waals surface area contributed by atoms with E-state index in [4.69, 9.17) is 5.10 Å². The van der Waals surface area contributed by atoms with Crippen LogP contribution in [0.3, 0.4) is 0 Å². The molecule has 1 amide bonds. The topological polar surface area (TPSA) is 63.1 Å². The lowest BCUT2D eigenvalue weighted by atomic mass is 9.89. The van der Waals surface area contributed by atoms with Crippen molar-refractivity contribution in [3.63, 3.8) is 0 Å². The van der Waals surface area contributed by atoms with Gasteiger partial charge < -0.3 is 10.2 Å². The highest BCUT2D eigenvalue weighted by Crippen LogP contribution is 2.41. The van der Waals surface area contributed by atoms with E-state index in [1.165, 1.54) is 0 Å². The smallest absolute Gasteiger partial charge is 0.266 e.